The fraction of sp³-hybridized carbons (Fsp3) is 0.421. The molecule has 1 aromatic carbocycles. The van der Waals surface area contributed by atoms with Crippen molar-refractivity contribution < 1.29 is 14.4 Å². The van der Waals surface area contributed by atoms with Gasteiger partial charge in [-0.15, -0.1) is 0 Å². The molecule has 0 atom stereocenters. The van der Waals surface area contributed by atoms with Gasteiger partial charge in [0.25, 0.3) is 0 Å². The molecule has 2 heterocycles. The molecule has 1 fully saturated rings. The molecule has 2 aliphatic heterocycles. The number of anilines is 1. The minimum atomic E-state index is -0.520. The lowest BCUT2D eigenvalue weighted by Gasteiger charge is -2.42. The highest BCUT2D eigenvalue weighted by Gasteiger charge is 2.39. The molecule has 0 spiro atoms. The van der Waals surface area contributed by atoms with Crippen LogP contribution in [0.5, 0.6) is 0 Å². The topological polar surface area (TPSA) is 57.7 Å². The Morgan fingerprint density at radius 3 is 2.38 bits per heavy atom. The van der Waals surface area contributed by atoms with Crippen LogP contribution in [0, 0.1) is 6.92 Å². The summed E-state index contributed by atoms with van der Waals surface area (Å²) in [5, 5.41) is 0. The number of allylic oxidation sites excluding steroid dienone is 1. The summed E-state index contributed by atoms with van der Waals surface area (Å²) in [6.07, 6.45) is 2.45. The molecule has 3 rings (SSSR count). The van der Waals surface area contributed by atoms with Gasteiger partial charge >= 0.3 is 0 Å². The molecule has 3 amide bonds. The van der Waals surface area contributed by atoms with Gasteiger partial charge in [-0.25, -0.2) is 0 Å². The molecule has 1 saturated heterocycles. The molecule has 126 valence electrons. The van der Waals surface area contributed by atoms with Gasteiger partial charge in [0.05, 0.1) is 11.2 Å². The number of fused-ring (bicyclic) bond motifs is 1. The van der Waals surface area contributed by atoms with Crippen molar-refractivity contribution in [2.24, 2.45) is 0 Å². The first-order chi connectivity index (χ1) is 11.2. The standard InChI is InChI=1S/C19H22N2O3/c1-12-5-6-14-13(2)10-19(3,4)21(15(14)9-12)18(24)11-20-16(22)7-8-17(20)23/h5-6,9-10H,7-8,11H2,1-4H3. The Balaban J connectivity index is 1.99. The van der Waals surface area contributed by atoms with Crippen molar-refractivity contribution in [1.29, 1.82) is 0 Å². The van der Waals surface area contributed by atoms with E-state index >= 15 is 0 Å². The lowest BCUT2D eigenvalue weighted by molar-refractivity contribution is -0.141. The highest BCUT2D eigenvalue weighted by atomic mass is 16.2. The number of aryl methyl sites for hydroxylation is 1. The van der Waals surface area contributed by atoms with Crippen molar-refractivity contribution in [3.63, 3.8) is 0 Å². The van der Waals surface area contributed by atoms with Crippen LogP contribution in [0.15, 0.2) is 24.3 Å². The number of carbonyl (C=O) groups excluding carboxylic acids is 3. The molecule has 1 aromatic rings. The molecule has 0 N–H and O–H groups in total. The zero-order chi connectivity index (χ0) is 17.6. The van der Waals surface area contributed by atoms with Crippen molar-refractivity contribution in [3.05, 3.63) is 35.4 Å². The van der Waals surface area contributed by atoms with Gasteiger partial charge in [-0.2, -0.15) is 0 Å². The van der Waals surface area contributed by atoms with Gasteiger partial charge in [0.1, 0.15) is 6.54 Å². The molecule has 0 unspecified atom stereocenters. The first-order valence-electron chi connectivity index (χ1n) is 8.17. The van der Waals surface area contributed by atoms with E-state index in [1.165, 1.54) is 0 Å². The van der Waals surface area contributed by atoms with Crippen LogP contribution in [0.25, 0.3) is 5.57 Å². The molecular weight excluding hydrogens is 304 g/mol. The summed E-state index contributed by atoms with van der Waals surface area (Å²) in [6, 6.07) is 6.02. The number of likely N-dealkylation sites (tertiary alicyclic amines) is 1. The summed E-state index contributed by atoms with van der Waals surface area (Å²) < 4.78 is 0. The van der Waals surface area contributed by atoms with Gasteiger partial charge in [0.2, 0.25) is 17.7 Å². The van der Waals surface area contributed by atoms with E-state index < -0.39 is 5.54 Å². The average Bonchev–Trinajstić information content (AvgIpc) is 2.77. The Morgan fingerprint density at radius 2 is 1.75 bits per heavy atom. The number of rotatable bonds is 2. The molecule has 0 bridgehead atoms. The molecule has 24 heavy (non-hydrogen) atoms. The predicted molar refractivity (Wildman–Crippen MR) is 92.3 cm³/mol. The second-order valence-electron chi connectivity index (χ2n) is 7.10. The number of amides is 3. The Morgan fingerprint density at radius 1 is 1.12 bits per heavy atom. The van der Waals surface area contributed by atoms with Crippen LogP contribution in [0.4, 0.5) is 5.69 Å². The zero-order valence-electron chi connectivity index (χ0n) is 14.5. The minimum absolute atomic E-state index is 0.193. The Labute approximate surface area is 141 Å². The van der Waals surface area contributed by atoms with Gasteiger partial charge in [0, 0.05) is 18.4 Å². The highest BCUT2D eigenvalue weighted by molar-refractivity contribution is 6.08. The van der Waals surface area contributed by atoms with Crippen LogP contribution in [-0.4, -0.2) is 34.7 Å². The number of imide groups is 1. The van der Waals surface area contributed by atoms with E-state index in [2.05, 4.69) is 6.08 Å². The molecule has 0 saturated carbocycles. The fourth-order valence-corrected chi connectivity index (χ4v) is 3.60. The van der Waals surface area contributed by atoms with Crippen LogP contribution in [0.3, 0.4) is 0 Å². The van der Waals surface area contributed by atoms with Crippen LogP contribution in [0.2, 0.25) is 0 Å². The van der Waals surface area contributed by atoms with Gasteiger partial charge in [-0.3, -0.25) is 19.3 Å². The maximum absolute atomic E-state index is 13.0. The number of carbonyl (C=O) groups is 3. The fourth-order valence-electron chi connectivity index (χ4n) is 3.60. The molecule has 0 aliphatic carbocycles. The predicted octanol–water partition coefficient (Wildman–Crippen LogP) is 2.67. The van der Waals surface area contributed by atoms with Crippen molar-refractivity contribution in [1.82, 2.24) is 4.90 Å². The third-order valence-corrected chi connectivity index (χ3v) is 4.66. The monoisotopic (exact) mass is 326 g/mol. The smallest absolute Gasteiger partial charge is 0.247 e. The summed E-state index contributed by atoms with van der Waals surface area (Å²) in [5.41, 5.74) is 3.50. The minimum Gasteiger partial charge on any atom is -0.301 e. The van der Waals surface area contributed by atoms with Gasteiger partial charge < -0.3 is 4.90 Å². The molecule has 0 aromatic heterocycles. The lowest BCUT2D eigenvalue weighted by Crippen LogP contribution is -2.53. The second-order valence-corrected chi connectivity index (χ2v) is 7.10. The largest absolute Gasteiger partial charge is 0.301 e. The SMILES string of the molecule is CC1=CC(C)(C)N(C(=O)CN2C(=O)CCC2=O)c2cc(C)ccc21. The Bertz CT molecular complexity index is 761. The van der Waals surface area contributed by atoms with Gasteiger partial charge in [-0.05, 0) is 44.9 Å². The normalized spacial score (nSPS) is 19.4. The summed E-state index contributed by atoms with van der Waals surface area (Å²) in [5.74, 6) is -0.766. The van der Waals surface area contributed by atoms with E-state index in [-0.39, 0.29) is 37.1 Å². The van der Waals surface area contributed by atoms with Gasteiger partial charge in [-0.1, -0.05) is 18.2 Å². The van der Waals surface area contributed by atoms with E-state index in [0.29, 0.717) is 0 Å². The molecule has 2 aliphatic rings. The van der Waals surface area contributed by atoms with Crippen molar-refractivity contribution in [2.75, 3.05) is 11.4 Å². The van der Waals surface area contributed by atoms with E-state index in [0.717, 1.165) is 27.3 Å². The van der Waals surface area contributed by atoms with E-state index in [1.54, 1.807) is 4.90 Å². The van der Waals surface area contributed by atoms with Crippen LogP contribution in [-0.2, 0) is 14.4 Å². The van der Waals surface area contributed by atoms with Crippen molar-refractivity contribution >= 4 is 29.0 Å². The Kier molecular flexibility index (Phi) is 3.82. The lowest BCUT2D eigenvalue weighted by atomic mass is 9.88. The highest BCUT2D eigenvalue weighted by Crippen LogP contribution is 2.39. The molecular formula is C19H22N2O3. The number of benzene rings is 1. The maximum atomic E-state index is 13.0. The van der Waals surface area contributed by atoms with E-state index in [9.17, 15) is 14.4 Å². The first-order valence-corrected chi connectivity index (χ1v) is 8.17. The van der Waals surface area contributed by atoms with Gasteiger partial charge in [0.15, 0.2) is 0 Å². The third kappa shape index (κ3) is 2.64. The summed E-state index contributed by atoms with van der Waals surface area (Å²) >= 11 is 0. The maximum Gasteiger partial charge on any atom is 0.247 e. The Hall–Kier alpha value is -2.43. The quantitative estimate of drug-likeness (QED) is 0.785. The number of hydrogen-bond donors (Lipinski definition) is 0. The third-order valence-electron chi connectivity index (χ3n) is 4.66. The van der Waals surface area contributed by atoms with Crippen LogP contribution in [0.1, 0.15) is 44.7 Å². The average molecular weight is 326 g/mol. The van der Waals surface area contributed by atoms with E-state index in [4.69, 9.17) is 0 Å². The molecule has 5 nitrogen and oxygen atoms in total. The summed E-state index contributed by atoms with van der Waals surface area (Å²) in [4.78, 5) is 39.5. The number of nitrogens with zero attached hydrogens (tertiary/aromatic N) is 2. The van der Waals surface area contributed by atoms with Crippen LogP contribution < -0.4 is 4.90 Å². The molecule has 0 radical (unpaired) electrons. The molecule has 5 heteroatoms. The summed E-state index contributed by atoms with van der Waals surface area (Å²) in [6.45, 7) is 7.75. The van der Waals surface area contributed by atoms with E-state index in [1.807, 2.05) is 45.9 Å². The number of hydrogen-bond acceptors (Lipinski definition) is 3. The second kappa shape index (κ2) is 5.58. The first kappa shape index (κ1) is 16.4. The summed E-state index contributed by atoms with van der Waals surface area (Å²) in [7, 11) is 0. The zero-order valence-corrected chi connectivity index (χ0v) is 14.5. The van der Waals surface area contributed by atoms with Crippen LogP contribution >= 0.6 is 0 Å². The van der Waals surface area contributed by atoms with Crippen molar-refractivity contribution in [3.8, 4) is 0 Å². The van der Waals surface area contributed by atoms with Crippen molar-refractivity contribution in [2.45, 2.75) is 46.1 Å².